The molecule has 1 atom stereocenters. The summed E-state index contributed by atoms with van der Waals surface area (Å²) in [5.41, 5.74) is 0.941. The van der Waals surface area contributed by atoms with Crippen molar-refractivity contribution < 1.29 is 4.42 Å². The fourth-order valence-electron chi connectivity index (χ4n) is 2.59. The summed E-state index contributed by atoms with van der Waals surface area (Å²) in [7, 11) is 0. The van der Waals surface area contributed by atoms with Crippen LogP contribution in [0.3, 0.4) is 0 Å². The van der Waals surface area contributed by atoms with E-state index in [1.165, 1.54) is 11.8 Å². The van der Waals surface area contributed by atoms with Crippen molar-refractivity contribution in [3.05, 3.63) is 65.3 Å². The standard InChI is InChI=1S/C19H16ClN5OS2/c1-3-10-25-16(13-6-8-14(20)9-7-13)21-24-19(25)28-12(2)17-22-23-18(26-17)15-5-4-11-27-15/h3-9,11-12H,1,10H2,2H3. The van der Waals surface area contributed by atoms with Crippen molar-refractivity contribution in [2.24, 2.45) is 0 Å². The molecule has 4 rings (SSSR count). The van der Waals surface area contributed by atoms with E-state index in [2.05, 4.69) is 27.0 Å². The number of hydrogen-bond donors (Lipinski definition) is 0. The molecule has 142 valence electrons. The summed E-state index contributed by atoms with van der Waals surface area (Å²) in [6.45, 7) is 6.44. The second kappa shape index (κ2) is 8.30. The third-order valence-corrected chi connectivity index (χ3v) is 6.11. The molecule has 0 bridgehead atoms. The molecule has 0 N–H and O–H groups in total. The second-order valence-corrected chi connectivity index (χ2v) is 8.59. The lowest BCUT2D eigenvalue weighted by atomic mass is 10.2. The van der Waals surface area contributed by atoms with Gasteiger partial charge in [0.1, 0.15) is 0 Å². The van der Waals surface area contributed by atoms with Crippen LogP contribution in [-0.4, -0.2) is 25.0 Å². The van der Waals surface area contributed by atoms with Crippen LogP contribution in [0.5, 0.6) is 0 Å². The van der Waals surface area contributed by atoms with Gasteiger partial charge in [0.05, 0.1) is 10.1 Å². The number of halogens is 1. The number of rotatable bonds is 7. The van der Waals surface area contributed by atoms with Crippen LogP contribution in [0.25, 0.3) is 22.2 Å². The van der Waals surface area contributed by atoms with Crippen LogP contribution < -0.4 is 0 Å². The van der Waals surface area contributed by atoms with Crippen LogP contribution >= 0.6 is 34.7 Å². The topological polar surface area (TPSA) is 69.6 Å². The molecule has 1 aromatic carbocycles. The molecule has 0 saturated carbocycles. The summed E-state index contributed by atoms with van der Waals surface area (Å²) in [5, 5.41) is 20.4. The lowest BCUT2D eigenvalue weighted by Gasteiger charge is -2.10. The zero-order valence-corrected chi connectivity index (χ0v) is 17.3. The summed E-state index contributed by atoms with van der Waals surface area (Å²) < 4.78 is 7.85. The smallest absolute Gasteiger partial charge is 0.257 e. The average Bonchev–Trinajstić information content (AvgIpc) is 3.44. The normalized spacial score (nSPS) is 12.2. The maximum Gasteiger partial charge on any atom is 0.257 e. The molecule has 0 spiro atoms. The van der Waals surface area contributed by atoms with Gasteiger partial charge in [-0.2, -0.15) is 0 Å². The molecular formula is C19H16ClN5OS2. The number of hydrogen-bond acceptors (Lipinski definition) is 7. The average molecular weight is 430 g/mol. The van der Waals surface area contributed by atoms with Gasteiger partial charge >= 0.3 is 0 Å². The molecule has 9 heteroatoms. The Morgan fingerprint density at radius 1 is 1.21 bits per heavy atom. The number of benzene rings is 1. The Hall–Kier alpha value is -2.42. The molecular weight excluding hydrogens is 414 g/mol. The van der Waals surface area contributed by atoms with E-state index >= 15 is 0 Å². The number of thiophene rings is 1. The maximum atomic E-state index is 6.00. The molecule has 3 heterocycles. The van der Waals surface area contributed by atoms with E-state index in [0.29, 0.717) is 23.3 Å². The van der Waals surface area contributed by atoms with Gasteiger partial charge in [-0.25, -0.2) is 0 Å². The summed E-state index contributed by atoms with van der Waals surface area (Å²) in [6.07, 6.45) is 1.82. The molecule has 1 unspecified atom stereocenters. The zero-order chi connectivity index (χ0) is 19.5. The first-order valence-electron chi connectivity index (χ1n) is 8.49. The highest BCUT2D eigenvalue weighted by Crippen LogP contribution is 2.36. The Labute approximate surface area is 175 Å². The molecule has 0 aliphatic heterocycles. The lowest BCUT2D eigenvalue weighted by molar-refractivity contribution is 0.509. The number of nitrogens with zero attached hydrogens (tertiary/aromatic N) is 5. The minimum atomic E-state index is -0.0768. The molecule has 0 radical (unpaired) electrons. The molecule has 0 saturated heterocycles. The van der Waals surface area contributed by atoms with Crippen molar-refractivity contribution in [2.75, 3.05) is 0 Å². The van der Waals surface area contributed by atoms with Gasteiger partial charge in [0.25, 0.3) is 5.89 Å². The predicted octanol–water partition coefficient (Wildman–Crippen LogP) is 5.75. The zero-order valence-electron chi connectivity index (χ0n) is 14.9. The molecule has 0 fully saturated rings. The van der Waals surface area contributed by atoms with Crippen molar-refractivity contribution in [2.45, 2.75) is 23.9 Å². The maximum absolute atomic E-state index is 6.00. The first-order valence-corrected chi connectivity index (χ1v) is 10.6. The minimum Gasteiger partial charge on any atom is -0.419 e. The van der Waals surface area contributed by atoms with Crippen LogP contribution in [0.4, 0.5) is 0 Å². The van der Waals surface area contributed by atoms with Gasteiger partial charge in [-0.05, 0) is 42.6 Å². The number of allylic oxidation sites excluding steroid dienone is 1. The van der Waals surface area contributed by atoms with Crippen molar-refractivity contribution in [1.29, 1.82) is 0 Å². The highest BCUT2D eigenvalue weighted by atomic mass is 35.5. The van der Waals surface area contributed by atoms with Crippen LogP contribution in [-0.2, 0) is 6.54 Å². The van der Waals surface area contributed by atoms with Crippen LogP contribution in [0.1, 0.15) is 18.1 Å². The van der Waals surface area contributed by atoms with E-state index in [-0.39, 0.29) is 5.25 Å². The van der Waals surface area contributed by atoms with Gasteiger partial charge in [-0.1, -0.05) is 35.5 Å². The number of aromatic nitrogens is 5. The van der Waals surface area contributed by atoms with E-state index in [1.54, 1.807) is 11.3 Å². The molecule has 0 amide bonds. The van der Waals surface area contributed by atoms with Gasteiger partial charge < -0.3 is 4.42 Å². The van der Waals surface area contributed by atoms with Crippen molar-refractivity contribution in [1.82, 2.24) is 25.0 Å². The summed E-state index contributed by atoms with van der Waals surface area (Å²) in [4.78, 5) is 0.954. The van der Waals surface area contributed by atoms with Gasteiger partial charge in [-0.15, -0.1) is 38.3 Å². The van der Waals surface area contributed by atoms with Gasteiger partial charge in [-0.3, -0.25) is 4.57 Å². The van der Waals surface area contributed by atoms with Gasteiger partial charge in [0.15, 0.2) is 11.0 Å². The summed E-state index contributed by atoms with van der Waals surface area (Å²) >= 11 is 9.08. The fourth-order valence-corrected chi connectivity index (χ4v) is 4.25. The van der Waals surface area contributed by atoms with Crippen molar-refractivity contribution in [3.63, 3.8) is 0 Å². The van der Waals surface area contributed by atoms with Crippen LogP contribution in [0.2, 0.25) is 5.02 Å². The summed E-state index contributed by atoms with van der Waals surface area (Å²) in [5.74, 6) is 1.84. The molecule has 4 aromatic rings. The van der Waals surface area contributed by atoms with E-state index in [4.69, 9.17) is 16.0 Å². The van der Waals surface area contributed by atoms with Crippen molar-refractivity contribution >= 4 is 34.7 Å². The lowest BCUT2D eigenvalue weighted by Crippen LogP contribution is -2.01. The summed E-state index contributed by atoms with van der Waals surface area (Å²) in [6, 6.07) is 11.4. The minimum absolute atomic E-state index is 0.0768. The predicted molar refractivity (Wildman–Crippen MR) is 113 cm³/mol. The van der Waals surface area contributed by atoms with Crippen molar-refractivity contribution in [3.8, 4) is 22.2 Å². The largest absolute Gasteiger partial charge is 0.419 e. The third kappa shape index (κ3) is 3.89. The Bertz CT molecular complexity index is 1070. The highest BCUT2D eigenvalue weighted by molar-refractivity contribution is 7.99. The Morgan fingerprint density at radius 3 is 2.75 bits per heavy atom. The first-order chi connectivity index (χ1) is 13.7. The second-order valence-electron chi connectivity index (χ2n) is 5.90. The Balaban J connectivity index is 1.59. The van der Waals surface area contributed by atoms with E-state index in [0.717, 1.165) is 21.4 Å². The third-order valence-electron chi connectivity index (χ3n) is 3.93. The molecule has 3 aromatic heterocycles. The first kappa shape index (κ1) is 18.9. The highest BCUT2D eigenvalue weighted by Gasteiger charge is 2.21. The quantitative estimate of drug-likeness (QED) is 0.275. The monoisotopic (exact) mass is 429 g/mol. The Kier molecular flexibility index (Phi) is 5.61. The van der Waals surface area contributed by atoms with Crippen LogP contribution in [0, 0.1) is 0 Å². The van der Waals surface area contributed by atoms with E-state index in [1.807, 2.05) is 59.3 Å². The molecule has 0 aliphatic carbocycles. The molecule has 6 nitrogen and oxygen atoms in total. The number of thioether (sulfide) groups is 1. The van der Waals surface area contributed by atoms with E-state index in [9.17, 15) is 0 Å². The van der Waals surface area contributed by atoms with Gasteiger partial charge in [0, 0.05) is 17.1 Å². The van der Waals surface area contributed by atoms with Gasteiger partial charge in [0.2, 0.25) is 5.89 Å². The molecule has 28 heavy (non-hydrogen) atoms. The molecule has 0 aliphatic rings. The van der Waals surface area contributed by atoms with E-state index < -0.39 is 0 Å². The van der Waals surface area contributed by atoms with Crippen LogP contribution in [0.15, 0.2) is 64.0 Å². The SMILES string of the molecule is C=CCn1c(SC(C)c2nnc(-c3cccs3)o2)nnc1-c1ccc(Cl)cc1. The fraction of sp³-hybridized carbons (Fsp3) is 0.158. The Morgan fingerprint density at radius 2 is 2.04 bits per heavy atom.